The molecular formula is C26H32N4O3S. The van der Waals surface area contributed by atoms with Crippen LogP contribution in [0, 0.1) is 5.92 Å². The molecule has 5 rings (SSSR count). The van der Waals surface area contributed by atoms with Crippen molar-refractivity contribution >= 4 is 29.2 Å². The van der Waals surface area contributed by atoms with Crippen molar-refractivity contribution in [3.05, 3.63) is 58.3 Å². The molecule has 3 aliphatic heterocycles. The molecule has 0 aliphatic carbocycles. The molecule has 4 amide bonds. The number of rotatable bonds is 7. The van der Waals surface area contributed by atoms with Gasteiger partial charge in [-0.25, -0.2) is 4.79 Å². The van der Waals surface area contributed by atoms with Gasteiger partial charge in [-0.2, -0.15) is 0 Å². The van der Waals surface area contributed by atoms with Gasteiger partial charge in [0.05, 0.1) is 4.88 Å². The Hall–Kier alpha value is -2.71. The Morgan fingerprint density at radius 2 is 1.71 bits per heavy atom. The van der Waals surface area contributed by atoms with Crippen LogP contribution in [0.2, 0.25) is 0 Å². The molecule has 0 spiro atoms. The molecule has 4 heterocycles. The van der Waals surface area contributed by atoms with Gasteiger partial charge in [-0.05, 0) is 61.7 Å². The highest BCUT2D eigenvalue weighted by atomic mass is 32.1. The number of benzene rings is 1. The summed E-state index contributed by atoms with van der Waals surface area (Å²) >= 11 is 1.46. The number of likely N-dealkylation sites (tertiary alicyclic amines) is 2. The summed E-state index contributed by atoms with van der Waals surface area (Å²) in [6.07, 6.45) is 4.22. The molecule has 1 aromatic heterocycles. The minimum atomic E-state index is -0.957. The summed E-state index contributed by atoms with van der Waals surface area (Å²) in [4.78, 5) is 46.2. The van der Waals surface area contributed by atoms with Crippen molar-refractivity contribution in [3.63, 3.8) is 0 Å². The van der Waals surface area contributed by atoms with Gasteiger partial charge in [0.25, 0.3) is 11.8 Å². The molecule has 8 heteroatoms. The van der Waals surface area contributed by atoms with E-state index in [1.165, 1.54) is 29.1 Å². The topological polar surface area (TPSA) is 73.0 Å². The van der Waals surface area contributed by atoms with Crippen LogP contribution in [-0.4, -0.2) is 77.4 Å². The fraction of sp³-hybridized carbons (Fsp3) is 0.500. The van der Waals surface area contributed by atoms with Crippen molar-refractivity contribution < 1.29 is 14.4 Å². The number of thiophene rings is 1. The minimum Gasteiger partial charge on any atom is -0.338 e. The first-order valence-corrected chi connectivity index (χ1v) is 13.2. The standard InChI is InChI=1S/C26H32N4O3S/c31-23(22-9-6-18-34-22)29-14-10-21(11-15-29)26(19-20-7-2-1-3-8-20)24(32)30(25(33)27-26)17-16-28-12-4-5-13-28/h1-3,6-9,18,21H,4-5,10-17,19H2,(H,27,33)/t26-/m1/s1. The third kappa shape index (κ3) is 4.49. The van der Waals surface area contributed by atoms with E-state index in [1.54, 1.807) is 0 Å². The molecule has 1 aromatic carbocycles. The van der Waals surface area contributed by atoms with Gasteiger partial charge in [0, 0.05) is 32.6 Å². The first-order valence-electron chi connectivity index (χ1n) is 12.3. The molecule has 0 unspecified atom stereocenters. The summed E-state index contributed by atoms with van der Waals surface area (Å²) in [6, 6.07) is 13.4. The molecule has 0 saturated carbocycles. The van der Waals surface area contributed by atoms with E-state index in [0.29, 0.717) is 38.9 Å². The lowest BCUT2D eigenvalue weighted by molar-refractivity contribution is -0.134. The predicted molar refractivity (Wildman–Crippen MR) is 132 cm³/mol. The van der Waals surface area contributed by atoms with Gasteiger partial charge in [-0.1, -0.05) is 36.4 Å². The van der Waals surface area contributed by atoms with Crippen LogP contribution in [0.1, 0.15) is 40.9 Å². The number of urea groups is 1. The molecule has 2 aromatic rings. The quantitative estimate of drug-likeness (QED) is 0.618. The number of hydrogen-bond donors (Lipinski definition) is 1. The zero-order chi connectivity index (χ0) is 23.5. The average Bonchev–Trinajstić information content (AvgIpc) is 3.62. The van der Waals surface area contributed by atoms with Gasteiger partial charge in [-0.3, -0.25) is 14.5 Å². The fourth-order valence-corrected chi connectivity index (χ4v) is 6.38. The second-order valence-electron chi connectivity index (χ2n) is 9.61. The van der Waals surface area contributed by atoms with E-state index in [-0.39, 0.29) is 23.8 Å². The maximum absolute atomic E-state index is 13.9. The fourth-order valence-electron chi connectivity index (χ4n) is 5.69. The van der Waals surface area contributed by atoms with Gasteiger partial charge < -0.3 is 15.1 Å². The molecule has 3 aliphatic rings. The number of carbonyl (C=O) groups excluding carboxylic acids is 3. The minimum absolute atomic E-state index is 0.0201. The number of imide groups is 1. The number of amides is 4. The Morgan fingerprint density at radius 3 is 2.38 bits per heavy atom. The first kappa shape index (κ1) is 23.1. The molecule has 1 N–H and O–H groups in total. The zero-order valence-corrected chi connectivity index (χ0v) is 20.3. The Kier molecular flexibility index (Phi) is 6.70. The maximum atomic E-state index is 13.9. The van der Waals surface area contributed by atoms with Crippen molar-refractivity contribution in [1.29, 1.82) is 0 Å². The molecular weight excluding hydrogens is 448 g/mol. The largest absolute Gasteiger partial charge is 0.338 e. The van der Waals surface area contributed by atoms with Crippen LogP contribution in [-0.2, 0) is 11.2 Å². The highest BCUT2D eigenvalue weighted by Gasteiger charge is 2.56. The SMILES string of the molecule is O=C(c1cccs1)N1CCC([C@@]2(Cc3ccccc3)NC(=O)N(CCN3CCCC3)C2=O)CC1. The molecule has 34 heavy (non-hydrogen) atoms. The van der Waals surface area contributed by atoms with Crippen LogP contribution < -0.4 is 5.32 Å². The van der Waals surface area contributed by atoms with Crippen molar-refractivity contribution in [2.75, 3.05) is 39.3 Å². The average molecular weight is 481 g/mol. The second-order valence-corrected chi connectivity index (χ2v) is 10.6. The molecule has 7 nitrogen and oxygen atoms in total. The number of nitrogens with one attached hydrogen (secondary N) is 1. The summed E-state index contributed by atoms with van der Waals surface area (Å²) in [6.45, 7) is 4.42. The predicted octanol–water partition coefficient (Wildman–Crippen LogP) is 3.23. The summed E-state index contributed by atoms with van der Waals surface area (Å²) in [5.74, 6) is -0.0727. The van der Waals surface area contributed by atoms with Crippen LogP contribution in [0.15, 0.2) is 47.8 Å². The van der Waals surface area contributed by atoms with Gasteiger partial charge in [-0.15, -0.1) is 11.3 Å². The van der Waals surface area contributed by atoms with E-state index in [1.807, 2.05) is 52.7 Å². The van der Waals surface area contributed by atoms with Crippen LogP contribution in [0.4, 0.5) is 4.79 Å². The molecule has 0 radical (unpaired) electrons. The Bertz CT molecular complexity index is 1010. The van der Waals surface area contributed by atoms with E-state index >= 15 is 0 Å². The van der Waals surface area contributed by atoms with Gasteiger partial charge in [0.15, 0.2) is 0 Å². The van der Waals surface area contributed by atoms with E-state index < -0.39 is 5.54 Å². The lowest BCUT2D eigenvalue weighted by Gasteiger charge is -2.41. The van der Waals surface area contributed by atoms with Crippen LogP contribution in [0.3, 0.4) is 0 Å². The number of piperidine rings is 1. The molecule has 180 valence electrons. The van der Waals surface area contributed by atoms with Gasteiger partial charge in [0.2, 0.25) is 0 Å². The lowest BCUT2D eigenvalue weighted by atomic mass is 9.74. The van der Waals surface area contributed by atoms with Gasteiger partial charge >= 0.3 is 6.03 Å². The van der Waals surface area contributed by atoms with E-state index in [4.69, 9.17) is 0 Å². The Balaban J connectivity index is 1.34. The summed E-state index contributed by atoms with van der Waals surface area (Å²) in [5.41, 5.74) is 0.0799. The Morgan fingerprint density at radius 1 is 0.971 bits per heavy atom. The van der Waals surface area contributed by atoms with Crippen molar-refractivity contribution in [1.82, 2.24) is 20.0 Å². The zero-order valence-electron chi connectivity index (χ0n) is 19.4. The van der Waals surface area contributed by atoms with E-state index in [0.717, 1.165) is 30.1 Å². The third-order valence-corrected chi connectivity index (χ3v) is 8.44. The smallest absolute Gasteiger partial charge is 0.325 e. The van der Waals surface area contributed by atoms with Crippen LogP contribution >= 0.6 is 11.3 Å². The molecule has 3 saturated heterocycles. The number of carbonyl (C=O) groups is 3. The lowest BCUT2D eigenvalue weighted by Crippen LogP contribution is -2.58. The summed E-state index contributed by atoms with van der Waals surface area (Å²) in [7, 11) is 0. The molecule has 0 bridgehead atoms. The second kappa shape index (κ2) is 9.88. The van der Waals surface area contributed by atoms with Crippen molar-refractivity contribution in [2.24, 2.45) is 5.92 Å². The molecule has 1 atom stereocenters. The van der Waals surface area contributed by atoms with E-state index in [2.05, 4.69) is 10.2 Å². The Labute approximate surface area is 204 Å². The molecule has 3 fully saturated rings. The maximum Gasteiger partial charge on any atom is 0.325 e. The number of hydrogen-bond acceptors (Lipinski definition) is 5. The van der Waals surface area contributed by atoms with Gasteiger partial charge in [0.1, 0.15) is 5.54 Å². The number of nitrogens with zero attached hydrogens (tertiary/aromatic N) is 3. The highest BCUT2D eigenvalue weighted by Crippen LogP contribution is 2.37. The van der Waals surface area contributed by atoms with Crippen LogP contribution in [0.25, 0.3) is 0 Å². The normalized spacial score (nSPS) is 24.1. The highest BCUT2D eigenvalue weighted by molar-refractivity contribution is 7.12. The monoisotopic (exact) mass is 480 g/mol. The van der Waals surface area contributed by atoms with E-state index in [9.17, 15) is 14.4 Å². The summed E-state index contributed by atoms with van der Waals surface area (Å²) in [5, 5.41) is 5.06. The third-order valence-electron chi connectivity index (χ3n) is 7.58. The first-order chi connectivity index (χ1) is 16.6. The van der Waals surface area contributed by atoms with Crippen LogP contribution in [0.5, 0.6) is 0 Å². The van der Waals surface area contributed by atoms with Crippen molar-refractivity contribution in [2.45, 2.75) is 37.6 Å². The summed E-state index contributed by atoms with van der Waals surface area (Å²) < 4.78 is 0. The van der Waals surface area contributed by atoms with Crippen molar-refractivity contribution in [3.8, 4) is 0 Å².